The molecule has 3 heterocycles. The predicted octanol–water partition coefficient (Wildman–Crippen LogP) is 11.3. The number of hydrogen-bond donors (Lipinski definition) is 12. The van der Waals surface area contributed by atoms with Crippen molar-refractivity contribution in [3.8, 4) is 0 Å². The van der Waals surface area contributed by atoms with E-state index in [9.17, 15) is 61.0 Å². The molecule has 12 N–H and O–H groups in total. The predicted molar refractivity (Wildman–Crippen MR) is 374 cm³/mol. The number of nitrogens with one attached hydrogen (secondary N) is 1. The molecule has 17 unspecified atom stereocenters. The van der Waals surface area contributed by atoms with Gasteiger partial charge in [0.2, 0.25) is 5.91 Å². The number of unbranched alkanes of at least 4 members (excludes halogenated alkanes) is 32. The number of amides is 1. The summed E-state index contributed by atoms with van der Waals surface area (Å²) < 4.78 is 34.3. The molecule has 0 aromatic heterocycles. The molecule has 0 saturated carbocycles. The molecular formula is C76H135NO18. The number of aliphatic hydroxyl groups is 11. The van der Waals surface area contributed by atoms with Gasteiger partial charge in [-0.25, -0.2) is 0 Å². The first-order valence-corrected chi connectivity index (χ1v) is 37.7. The Hall–Kier alpha value is -2.77. The van der Waals surface area contributed by atoms with Crippen LogP contribution in [0.1, 0.15) is 271 Å². The van der Waals surface area contributed by atoms with Crippen LogP contribution in [0.5, 0.6) is 0 Å². The third kappa shape index (κ3) is 38.0. The first kappa shape index (κ1) is 86.5. The molecule has 19 nitrogen and oxygen atoms in total. The van der Waals surface area contributed by atoms with Gasteiger partial charge < -0.3 is 89.9 Å². The fraction of sp³-hybridized carbons (Fsp3) is 0.829. The molecule has 552 valence electrons. The number of allylic oxidation sites excluding steroid dienone is 11. The highest BCUT2D eigenvalue weighted by atomic mass is 16.8. The van der Waals surface area contributed by atoms with E-state index in [2.05, 4.69) is 79.9 Å². The zero-order valence-electron chi connectivity index (χ0n) is 58.6. The lowest BCUT2D eigenvalue weighted by Gasteiger charge is -2.48. The number of hydrogen-bond acceptors (Lipinski definition) is 18. The molecule has 3 rings (SSSR count). The second-order valence-electron chi connectivity index (χ2n) is 26.7. The van der Waals surface area contributed by atoms with Gasteiger partial charge in [-0.2, -0.15) is 0 Å². The van der Waals surface area contributed by atoms with E-state index in [-0.39, 0.29) is 18.9 Å². The molecule has 95 heavy (non-hydrogen) atoms. The normalized spacial score (nSPS) is 27.6. The summed E-state index contributed by atoms with van der Waals surface area (Å²) in [5.74, 6) is -0.275. The average Bonchev–Trinajstić information content (AvgIpc) is 0.797. The molecule has 0 radical (unpaired) electrons. The zero-order chi connectivity index (χ0) is 68.9. The number of rotatable bonds is 58. The van der Waals surface area contributed by atoms with Crippen molar-refractivity contribution in [3.63, 3.8) is 0 Å². The lowest BCUT2D eigenvalue weighted by Crippen LogP contribution is -2.66. The maximum atomic E-state index is 13.4. The van der Waals surface area contributed by atoms with Crippen LogP contribution in [0.15, 0.2) is 72.9 Å². The van der Waals surface area contributed by atoms with Crippen molar-refractivity contribution < 1.29 is 89.4 Å². The SMILES string of the molecule is CC/C=C\C/C=C\C/C=C\C/C=C\C/C=C\CCCCCCCCCCCCCCCCCCCCCCCCCCCC(=O)NC(COC1OC(CO)C(OC2OC(CO)C(OC3OC(CO)C(O)C(O)C3O)C(O)C2O)C(O)C1O)C(O)/C=C/CCCCCCCCC. The lowest BCUT2D eigenvalue weighted by molar-refractivity contribution is -0.379. The summed E-state index contributed by atoms with van der Waals surface area (Å²) in [6, 6.07) is -0.971. The van der Waals surface area contributed by atoms with Crippen LogP contribution in [-0.2, 0) is 33.2 Å². The van der Waals surface area contributed by atoms with Crippen LogP contribution in [0.2, 0.25) is 0 Å². The highest BCUT2D eigenvalue weighted by Crippen LogP contribution is 2.33. The Bertz CT molecular complexity index is 2000. The van der Waals surface area contributed by atoms with E-state index in [0.29, 0.717) is 6.42 Å². The maximum Gasteiger partial charge on any atom is 0.220 e. The maximum absolute atomic E-state index is 13.4. The van der Waals surface area contributed by atoms with Crippen molar-refractivity contribution in [1.82, 2.24) is 5.32 Å². The fourth-order valence-corrected chi connectivity index (χ4v) is 12.5. The molecule has 19 heteroatoms. The standard InChI is InChI=1S/C76H135NO18/c1-3-5-7-9-11-13-14-15-16-17-18-19-20-21-22-23-24-25-26-27-28-29-30-31-32-33-34-35-36-37-38-39-40-41-42-43-44-46-48-50-52-54-64(82)77-59(60(81)53-51-49-47-45-12-10-8-6-4-2)58-90-74-70(88)67(85)72(62(56-79)92-74)95-76-71(89)68(86)73(63(57-80)93-76)94-75-69(87)66(84)65(83)61(55-78)91-75/h5,7,11,13,15-16,18-19,21-22,51,53,59-63,65-76,78-81,83-89H,3-4,6,8-10,12,14,17,20,23-50,52,54-58H2,1-2H3,(H,77,82)/b7-5-,13-11-,16-15-,19-18-,22-21-,53-51+. The topological polar surface area (TPSA) is 307 Å². The van der Waals surface area contributed by atoms with E-state index in [4.69, 9.17) is 28.4 Å². The van der Waals surface area contributed by atoms with E-state index >= 15 is 0 Å². The molecular weight excluding hydrogens is 1210 g/mol. The molecule has 1 amide bonds. The highest BCUT2D eigenvalue weighted by molar-refractivity contribution is 5.76. The summed E-state index contributed by atoms with van der Waals surface area (Å²) in [5.41, 5.74) is 0. The number of aliphatic hydroxyl groups excluding tert-OH is 11. The summed E-state index contributed by atoms with van der Waals surface area (Å²) in [6.45, 7) is 1.58. The van der Waals surface area contributed by atoms with Crippen molar-refractivity contribution in [2.45, 2.75) is 375 Å². The van der Waals surface area contributed by atoms with Gasteiger partial charge in [0.1, 0.15) is 73.2 Å². The molecule has 0 aromatic rings. The minimum atomic E-state index is -1.98. The van der Waals surface area contributed by atoms with Crippen molar-refractivity contribution >= 4 is 5.91 Å². The second-order valence-corrected chi connectivity index (χ2v) is 26.7. The minimum Gasteiger partial charge on any atom is -0.394 e. The lowest BCUT2D eigenvalue weighted by atomic mass is 9.96. The molecule has 17 atom stereocenters. The van der Waals surface area contributed by atoms with E-state index < -0.39 is 124 Å². The molecule has 0 spiro atoms. The largest absolute Gasteiger partial charge is 0.394 e. The Morgan fingerprint density at radius 3 is 1.14 bits per heavy atom. The first-order chi connectivity index (χ1) is 46.3. The van der Waals surface area contributed by atoms with Gasteiger partial charge in [0.15, 0.2) is 18.9 Å². The van der Waals surface area contributed by atoms with Crippen molar-refractivity contribution in [3.05, 3.63) is 72.9 Å². The van der Waals surface area contributed by atoms with E-state index in [1.54, 1.807) is 6.08 Å². The summed E-state index contributed by atoms with van der Waals surface area (Å²) in [5, 5.41) is 120. The third-order valence-electron chi connectivity index (χ3n) is 18.5. The van der Waals surface area contributed by atoms with Gasteiger partial charge in [0.05, 0.1) is 38.6 Å². The monoisotopic (exact) mass is 1350 g/mol. The van der Waals surface area contributed by atoms with E-state index in [1.807, 2.05) is 6.08 Å². The van der Waals surface area contributed by atoms with Crippen LogP contribution in [0, 0.1) is 0 Å². The summed E-state index contributed by atoms with van der Waals surface area (Å²) in [4.78, 5) is 13.4. The quantitative estimate of drug-likeness (QED) is 0.0199. The van der Waals surface area contributed by atoms with Crippen LogP contribution in [-0.4, -0.2) is 193 Å². The van der Waals surface area contributed by atoms with Gasteiger partial charge >= 0.3 is 0 Å². The Kier molecular flexibility index (Phi) is 51.8. The summed E-state index contributed by atoms with van der Waals surface area (Å²) in [6.07, 6.45) is 46.7. The summed E-state index contributed by atoms with van der Waals surface area (Å²) >= 11 is 0. The smallest absolute Gasteiger partial charge is 0.220 e. The Balaban J connectivity index is 1.24. The van der Waals surface area contributed by atoms with Crippen LogP contribution >= 0.6 is 0 Å². The Morgan fingerprint density at radius 1 is 0.389 bits per heavy atom. The van der Waals surface area contributed by atoms with Gasteiger partial charge in [0, 0.05) is 6.42 Å². The fourth-order valence-electron chi connectivity index (χ4n) is 12.5. The second kappa shape index (κ2) is 56.9. The van der Waals surface area contributed by atoms with Crippen LogP contribution in [0.4, 0.5) is 0 Å². The van der Waals surface area contributed by atoms with Gasteiger partial charge in [-0.3, -0.25) is 4.79 Å². The number of carbonyl (C=O) groups is 1. The van der Waals surface area contributed by atoms with Gasteiger partial charge in [0.25, 0.3) is 0 Å². The molecule has 0 bridgehead atoms. The zero-order valence-corrected chi connectivity index (χ0v) is 58.6. The van der Waals surface area contributed by atoms with Crippen molar-refractivity contribution in [2.75, 3.05) is 26.4 Å². The molecule has 3 aliphatic rings. The highest BCUT2D eigenvalue weighted by Gasteiger charge is 2.53. The van der Waals surface area contributed by atoms with Crippen LogP contribution in [0.3, 0.4) is 0 Å². The molecule has 3 saturated heterocycles. The Labute approximate surface area is 572 Å². The third-order valence-corrected chi connectivity index (χ3v) is 18.5. The van der Waals surface area contributed by atoms with Crippen molar-refractivity contribution in [2.24, 2.45) is 0 Å². The van der Waals surface area contributed by atoms with Gasteiger partial charge in [-0.05, 0) is 64.2 Å². The summed E-state index contributed by atoms with van der Waals surface area (Å²) in [7, 11) is 0. The van der Waals surface area contributed by atoms with Crippen molar-refractivity contribution in [1.29, 1.82) is 0 Å². The average molecular weight is 1350 g/mol. The van der Waals surface area contributed by atoms with Crippen LogP contribution in [0.25, 0.3) is 0 Å². The molecule has 3 fully saturated rings. The minimum absolute atomic E-state index is 0.245. The van der Waals surface area contributed by atoms with E-state index in [0.717, 1.165) is 77.0 Å². The first-order valence-electron chi connectivity index (χ1n) is 37.7. The number of carbonyl (C=O) groups excluding carboxylic acids is 1. The van der Waals surface area contributed by atoms with Gasteiger partial charge in [-0.15, -0.1) is 0 Å². The Morgan fingerprint density at radius 2 is 0.726 bits per heavy atom. The van der Waals surface area contributed by atoms with Gasteiger partial charge in [-0.1, -0.05) is 273 Å². The van der Waals surface area contributed by atoms with Crippen LogP contribution < -0.4 is 5.32 Å². The van der Waals surface area contributed by atoms with E-state index in [1.165, 1.54) is 167 Å². The number of ether oxygens (including phenoxy) is 6. The molecule has 0 aromatic carbocycles. The molecule has 3 aliphatic heterocycles. The molecule has 0 aliphatic carbocycles.